The number of sulfonamides is 1. The van der Waals surface area contributed by atoms with Gasteiger partial charge in [0, 0.05) is 5.02 Å². The van der Waals surface area contributed by atoms with Crippen molar-refractivity contribution in [1.29, 1.82) is 0 Å². The van der Waals surface area contributed by atoms with Crippen molar-refractivity contribution in [2.75, 3.05) is 10.8 Å². The summed E-state index contributed by atoms with van der Waals surface area (Å²) in [5.41, 5.74) is 0.0785. The molecule has 0 aliphatic rings. The Hall–Kier alpha value is -1.47. The van der Waals surface area contributed by atoms with Gasteiger partial charge < -0.3 is 4.74 Å². The fourth-order valence-electron chi connectivity index (χ4n) is 2.14. The Balaban J connectivity index is 2.54. The summed E-state index contributed by atoms with van der Waals surface area (Å²) < 4.78 is 32.2. The smallest absolute Gasteiger partial charge is 0.327 e. The molecule has 0 heterocycles. The summed E-state index contributed by atoms with van der Waals surface area (Å²) >= 11 is 18.0. The molecule has 0 bridgehead atoms. The Kier molecular flexibility index (Phi) is 6.80. The summed E-state index contributed by atoms with van der Waals surface area (Å²) in [4.78, 5) is 12.1. The number of halogens is 3. The molecule has 0 saturated heterocycles. The van der Waals surface area contributed by atoms with Crippen LogP contribution in [0.1, 0.15) is 13.8 Å². The number of ether oxygens (including phenoxy) is 1. The highest BCUT2D eigenvalue weighted by atomic mass is 35.5. The summed E-state index contributed by atoms with van der Waals surface area (Å²) in [6.45, 7) is 2.79. The average molecular weight is 437 g/mol. The SMILES string of the molecule is CC(C)OC(=O)CN(c1cccc(Cl)c1Cl)S(=O)(=O)c1ccc(Cl)cc1. The van der Waals surface area contributed by atoms with Crippen LogP contribution in [0, 0.1) is 0 Å². The van der Waals surface area contributed by atoms with Gasteiger partial charge in [-0.05, 0) is 50.2 Å². The maximum Gasteiger partial charge on any atom is 0.327 e. The van der Waals surface area contributed by atoms with Gasteiger partial charge in [0.25, 0.3) is 10.0 Å². The van der Waals surface area contributed by atoms with Crippen LogP contribution < -0.4 is 4.31 Å². The van der Waals surface area contributed by atoms with Crippen molar-refractivity contribution in [3.63, 3.8) is 0 Å². The third-order valence-corrected chi connectivity index (χ3v) is 6.08. The molecule has 2 aromatic rings. The van der Waals surface area contributed by atoms with E-state index in [2.05, 4.69) is 0 Å². The lowest BCUT2D eigenvalue weighted by atomic mass is 10.3. The van der Waals surface area contributed by atoms with Crippen molar-refractivity contribution in [3.8, 4) is 0 Å². The molecular weight excluding hydrogens is 421 g/mol. The number of hydrogen-bond donors (Lipinski definition) is 0. The minimum atomic E-state index is -4.11. The number of rotatable bonds is 6. The molecule has 2 aromatic carbocycles. The number of benzene rings is 2. The van der Waals surface area contributed by atoms with Crippen molar-refractivity contribution in [2.45, 2.75) is 24.8 Å². The summed E-state index contributed by atoms with van der Waals surface area (Å²) in [6, 6.07) is 10.1. The van der Waals surface area contributed by atoms with E-state index in [9.17, 15) is 13.2 Å². The molecule has 9 heteroatoms. The zero-order valence-corrected chi connectivity index (χ0v) is 17.0. The van der Waals surface area contributed by atoms with Crippen molar-refractivity contribution in [1.82, 2.24) is 0 Å². The molecule has 0 aliphatic heterocycles. The monoisotopic (exact) mass is 435 g/mol. The molecular formula is C17H16Cl3NO4S. The van der Waals surface area contributed by atoms with Gasteiger partial charge in [-0.3, -0.25) is 9.10 Å². The topological polar surface area (TPSA) is 63.7 Å². The first-order valence-corrected chi connectivity index (χ1v) is 10.1. The Bertz CT molecular complexity index is 899. The van der Waals surface area contributed by atoms with Crippen LogP contribution in [0.3, 0.4) is 0 Å². The molecule has 0 amide bonds. The standard InChI is InChI=1S/C17H16Cl3NO4S/c1-11(2)25-16(22)10-21(15-5-3-4-14(19)17(15)20)26(23,24)13-8-6-12(18)7-9-13/h3-9,11H,10H2,1-2H3. The van der Waals surface area contributed by atoms with E-state index in [1.165, 1.54) is 36.4 Å². The first-order chi connectivity index (χ1) is 12.1. The van der Waals surface area contributed by atoms with Gasteiger partial charge in [0.15, 0.2) is 0 Å². The van der Waals surface area contributed by atoms with Crippen molar-refractivity contribution in [2.24, 2.45) is 0 Å². The van der Waals surface area contributed by atoms with Gasteiger partial charge >= 0.3 is 5.97 Å². The van der Waals surface area contributed by atoms with Gasteiger partial charge in [0.05, 0.1) is 26.7 Å². The lowest BCUT2D eigenvalue weighted by molar-refractivity contribution is -0.145. The summed E-state index contributed by atoms with van der Waals surface area (Å²) in [6.07, 6.45) is -0.391. The van der Waals surface area contributed by atoms with Crippen LogP contribution in [-0.4, -0.2) is 27.0 Å². The zero-order valence-electron chi connectivity index (χ0n) is 13.9. The van der Waals surface area contributed by atoms with E-state index in [4.69, 9.17) is 39.5 Å². The fraction of sp³-hybridized carbons (Fsp3) is 0.235. The summed E-state index contributed by atoms with van der Waals surface area (Å²) in [5.74, 6) is -0.714. The number of hydrogen-bond acceptors (Lipinski definition) is 4. The second-order valence-corrected chi connectivity index (χ2v) is 8.66. The highest BCUT2D eigenvalue weighted by Gasteiger charge is 2.30. The van der Waals surface area contributed by atoms with E-state index in [0.29, 0.717) is 5.02 Å². The van der Waals surface area contributed by atoms with Crippen LogP contribution in [-0.2, 0) is 19.6 Å². The van der Waals surface area contributed by atoms with Gasteiger partial charge in [0.1, 0.15) is 6.54 Å². The largest absolute Gasteiger partial charge is 0.462 e. The lowest BCUT2D eigenvalue weighted by Gasteiger charge is -2.25. The Morgan fingerprint density at radius 1 is 1.08 bits per heavy atom. The van der Waals surface area contributed by atoms with Crippen molar-refractivity contribution >= 4 is 56.5 Å². The number of anilines is 1. The molecule has 0 fully saturated rings. The minimum absolute atomic E-state index is 0.0176. The molecule has 0 spiro atoms. The molecule has 0 radical (unpaired) electrons. The number of esters is 1. The van der Waals surface area contributed by atoms with Crippen LogP contribution in [0.5, 0.6) is 0 Å². The average Bonchev–Trinajstić information content (AvgIpc) is 2.55. The van der Waals surface area contributed by atoms with Gasteiger partial charge in [-0.25, -0.2) is 8.42 Å². The molecule has 0 aliphatic carbocycles. The van der Waals surface area contributed by atoms with E-state index in [-0.39, 0.29) is 20.6 Å². The molecule has 0 unspecified atom stereocenters. The molecule has 0 saturated carbocycles. The van der Waals surface area contributed by atoms with Crippen LogP contribution in [0.25, 0.3) is 0 Å². The first-order valence-electron chi connectivity index (χ1n) is 7.54. The van der Waals surface area contributed by atoms with Gasteiger partial charge in [-0.1, -0.05) is 40.9 Å². The fourth-order valence-corrected chi connectivity index (χ4v) is 4.13. The van der Waals surface area contributed by atoms with Gasteiger partial charge in [0.2, 0.25) is 0 Å². The van der Waals surface area contributed by atoms with E-state index in [1.54, 1.807) is 19.9 Å². The van der Waals surface area contributed by atoms with Crippen LogP contribution in [0.15, 0.2) is 47.4 Å². The van der Waals surface area contributed by atoms with Gasteiger partial charge in [-0.15, -0.1) is 0 Å². The number of carbonyl (C=O) groups is 1. The Morgan fingerprint density at radius 2 is 1.69 bits per heavy atom. The molecule has 0 atom stereocenters. The van der Waals surface area contributed by atoms with E-state index >= 15 is 0 Å². The van der Waals surface area contributed by atoms with Crippen LogP contribution >= 0.6 is 34.8 Å². The normalized spacial score (nSPS) is 11.5. The predicted molar refractivity (Wildman–Crippen MR) is 104 cm³/mol. The van der Waals surface area contributed by atoms with Crippen molar-refractivity contribution in [3.05, 3.63) is 57.5 Å². The predicted octanol–water partition coefficient (Wildman–Crippen LogP) is 4.79. The molecule has 0 N–H and O–H groups in total. The minimum Gasteiger partial charge on any atom is -0.462 e. The zero-order chi connectivity index (χ0) is 19.5. The number of carbonyl (C=O) groups excluding carboxylic acids is 1. The Morgan fingerprint density at radius 3 is 2.27 bits per heavy atom. The molecule has 0 aromatic heterocycles. The molecule has 2 rings (SSSR count). The summed E-state index contributed by atoms with van der Waals surface area (Å²) in [5, 5.41) is 0.567. The van der Waals surface area contributed by atoms with Crippen LogP contribution in [0.4, 0.5) is 5.69 Å². The maximum atomic E-state index is 13.1. The van der Waals surface area contributed by atoms with Crippen LogP contribution in [0.2, 0.25) is 15.1 Å². The quantitative estimate of drug-likeness (QED) is 0.611. The first kappa shape index (κ1) is 20.8. The lowest BCUT2D eigenvalue weighted by Crippen LogP contribution is -2.37. The number of nitrogens with zero attached hydrogens (tertiary/aromatic N) is 1. The van der Waals surface area contributed by atoms with E-state index in [1.807, 2.05) is 0 Å². The molecule has 140 valence electrons. The maximum absolute atomic E-state index is 13.1. The molecule has 5 nitrogen and oxygen atoms in total. The van der Waals surface area contributed by atoms with E-state index in [0.717, 1.165) is 4.31 Å². The summed E-state index contributed by atoms with van der Waals surface area (Å²) in [7, 11) is -4.11. The van der Waals surface area contributed by atoms with E-state index < -0.39 is 28.6 Å². The Labute approximate surface area is 167 Å². The second-order valence-electron chi connectivity index (χ2n) is 5.58. The highest BCUT2D eigenvalue weighted by Crippen LogP contribution is 2.35. The molecule has 26 heavy (non-hydrogen) atoms. The third kappa shape index (κ3) is 4.82. The third-order valence-electron chi connectivity index (χ3n) is 3.24. The highest BCUT2D eigenvalue weighted by molar-refractivity contribution is 7.92. The van der Waals surface area contributed by atoms with Crippen molar-refractivity contribution < 1.29 is 17.9 Å². The van der Waals surface area contributed by atoms with Gasteiger partial charge in [-0.2, -0.15) is 0 Å². The second kappa shape index (κ2) is 8.48.